The minimum atomic E-state index is -0.257. The third-order valence-electron chi connectivity index (χ3n) is 4.56. The third kappa shape index (κ3) is 2.80. The molecule has 0 aliphatic carbocycles. The average Bonchev–Trinajstić information content (AvgIpc) is 3.07. The Hall–Kier alpha value is -3.05. The fraction of sp³-hybridized carbons (Fsp3) is 0. The Kier molecular flexibility index (Phi) is 3.76. The minimum Gasteiger partial charge on any atom is -0.276 e. The number of para-hydroxylation sites is 2. The Morgan fingerprint density at radius 3 is 2.26 bits per heavy atom. The lowest BCUT2D eigenvalue weighted by atomic mass is 10.1. The molecule has 0 bridgehead atoms. The van der Waals surface area contributed by atoms with Gasteiger partial charge in [-0.2, -0.15) is 0 Å². The van der Waals surface area contributed by atoms with E-state index < -0.39 is 0 Å². The van der Waals surface area contributed by atoms with Crippen LogP contribution in [0.1, 0.15) is 0 Å². The lowest BCUT2D eigenvalue weighted by Gasteiger charge is -2.10. The van der Waals surface area contributed by atoms with Gasteiger partial charge in [-0.3, -0.25) is 4.40 Å². The molecule has 0 unspecified atom stereocenters. The SMILES string of the molecule is Fc1ccc(-c2cc(-c3ccc(Br)cc3)nc3nc4ccccc4n23)cc1. The highest BCUT2D eigenvalue weighted by atomic mass is 79.9. The number of fused-ring (bicyclic) bond motifs is 3. The van der Waals surface area contributed by atoms with Crippen LogP contribution >= 0.6 is 15.9 Å². The van der Waals surface area contributed by atoms with Gasteiger partial charge < -0.3 is 0 Å². The van der Waals surface area contributed by atoms with Crippen LogP contribution in [-0.2, 0) is 0 Å². The van der Waals surface area contributed by atoms with Crippen LogP contribution in [0.25, 0.3) is 39.3 Å². The smallest absolute Gasteiger partial charge is 0.235 e. The van der Waals surface area contributed by atoms with E-state index in [9.17, 15) is 4.39 Å². The molecule has 5 heteroatoms. The number of aromatic nitrogens is 3. The summed E-state index contributed by atoms with van der Waals surface area (Å²) >= 11 is 3.47. The summed E-state index contributed by atoms with van der Waals surface area (Å²) in [5.41, 5.74) is 5.50. The van der Waals surface area contributed by atoms with Crippen molar-refractivity contribution in [2.75, 3.05) is 0 Å². The monoisotopic (exact) mass is 417 g/mol. The number of halogens is 2. The molecule has 0 saturated heterocycles. The van der Waals surface area contributed by atoms with E-state index in [0.717, 1.165) is 38.0 Å². The molecular formula is C22H13BrFN3. The number of hydrogen-bond donors (Lipinski definition) is 0. The summed E-state index contributed by atoms with van der Waals surface area (Å²) in [6.45, 7) is 0. The highest BCUT2D eigenvalue weighted by Gasteiger charge is 2.14. The van der Waals surface area contributed by atoms with Crippen LogP contribution in [-0.4, -0.2) is 14.4 Å². The molecule has 0 aliphatic heterocycles. The van der Waals surface area contributed by atoms with Crippen molar-refractivity contribution in [2.24, 2.45) is 0 Å². The maximum atomic E-state index is 13.5. The van der Waals surface area contributed by atoms with Gasteiger partial charge in [0.1, 0.15) is 5.82 Å². The van der Waals surface area contributed by atoms with Crippen LogP contribution < -0.4 is 0 Å². The summed E-state index contributed by atoms with van der Waals surface area (Å²) in [6.07, 6.45) is 0. The molecule has 0 aliphatic rings. The van der Waals surface area contributed by atoms with Crippen molar-refractivity contribution >= 4 is 32.7 Å². The van der Waals surface area contributed by atoms with E-state index in [0.29, 0.717) is 5.78 Å². The fourth-order valence-corrected chi connectivity index (χ4v) is 3.53. The number of hydrogen-bond acceptors (Lipinski definition) is 2. The molecule has 130 valence electrons. The summed E-state index contributed by atoms with van der Waals surface area (Å²) in [4.78, 5) is 9.47. The van der Waals surface area contributed by atoms with E-state index in [-0.39, 0.29) is 5.82 Å². The third-order valence-corrected chi connectivity index (χ3v) is 5.09. The second-order valence-electron chi connectivity index (χ2n) is 6.28. The second kappa shape index (κ2) is 6.28. The summed E-state index contributed by atoms with van der Waals surface area (Å²) in [5, 5.41) is 0. The number of rotatable bonds is 2. The zero-order valence-electron chi connectivity index (χ0n) is 14.1. The molecule has 2 aromatic heterocycles. The molecule has 2 heterocycles. The van der Waals surface area contributed by atoms with Gasteiger partial charge >= 0.3 is 0 Å². The van der Waals surface area contributed by atoms with Crippen LogP contribution in [0.5, 0.6) is 0 Å². The van der Waals surface area contributed by atoms with Gasteiger partial charge in [-0.1, -0.05) is 40.2 Å². The van der Waals surface area contributed by atoms with Crippen molar-refractivity contribution in [2.45, 2.75) is 0 Å². The van der Waals surface area contributed by atoms with Crippen molar-refractivity contribution in [1.82, 2.24) is 14.4 Å². The molecule has 5 rings (SSSR count). The van der Waals surface area contributed by atoms with E-state index in [1.165, 1.54) is 12.1 Å². The Labute approximate surface area is 163 Å². The maximum absolute atomic E-state index is 13.5. The number of nitrogens with zero attached hydrogens (tertiary/aromatic N) is 3. The molecule has 3 aromatic carbocycles. The van der Waals surface area contributed by atoms with Crippen molar-refractivity contribution in [3.05, 3.63) is 89.2 Å². The van der Waals surface area contributed by atoms with Gasteiger partial charge in [0.2, 0.25) is 5.78 Å². The molecule has 0 spiro atoms. The van der Waals surface area contributed by atoms with Crippen molar-refractivity contribution in [1.29, 1.82) is 0 Å². The lowest BCUT2D eigenvalue weighted by Crippen LogP contribution is -1.97. The van der Waals surface area contributed by atoms with E-state index in [1.54, 1.807) is 12.1 Å². The lowest BCUT2D eigenvalue weighted by molar-refractivity contribution is 0.628. The molecule has 3 nitrogen and oxygen atoms in total. The summed E-state index contributed by atoms with van der Waals surface area (Å²) in [5.74, 6) is 0.364. The Morgan fingerprint density at radius 1 is 0.778 bits per heavy atom. The first-order chi connectivity index (χ1) is 13.2. The largest absolute Gasteiger partial charge is 0.276 e. The molecule has 27 heavy (non-hydrogen) atoms. The van der Waals surface area contributed by atoms with E-state index in [4.69, 9.17) is 9.97 Å². The number of imidazole rings is 1. The van der Waals surface area contributed by atoms with E-state index >= 15 is 0 Å². The van der Waals surface area contributed by atoms with Crippen LogP contribution in [0.15, 0.2) is 83.3 Å². The highest BCUT2D eigenvalue weighted by Crippen LogP contribution is 2.30. The van der Waals surface area contributed by atoms with Gasteiger partial charge in [0.05, 0.1) is 22.4 Å². The van der Waals surface area contributed by atoms with Crippen molar-refractivity contribution in [3.8, 4) is 22.5 Å². The number of benzene rings is 3. The topological polar surface area (TPSA) is 30.2 Å². The van der Waals surface area contributed by atoms with Crippen molar-refractivity contribution < 1.29 is 4.39 Å². The zero-order valence-corrected chi connectivity index (χ0v) is 15.7. The predicted molar refractivity (Wildman–Crippen MR) is 109 cm³/mol. The van der Waals surface area contributed by atoms with Gasteiger partial charge in [-0.15, -0.1) is 0 Å². The zero-order chi connectivity index (χ0) is 18.4. The van der Waals surface area contributed by atoms with Crippen LogP contribution in [0.2, 0.25) is 0 Å². The van der Waals surface area contributed by atoms with Crippen LogP contribution in [0, 0.1) is 5.82 Å². The van der Waals surface area contributed by atoms with Gasteiger partial charge in [0.25, 0.3) is 0 Å². The standard InChI is InChI=1S/C22H13BrFN3/c23-16-9-5-14(6-10-16)19-13-21(15-7-11-17(24)12-8-15)27-20-4-2-1-3-18(20)25-22(27)26-19/h1-13H. The van der Waals surface area contributed by atoms with Crippen LogP contribution in [0.3, 0.4) is 0 Å². The Bertz CT molecular complexity index is 1280. The predicted octanol–water partition coefficient (Wildman–Crippen LogP) is 6.12. The van der Waals surface area contributed by atoms with Crippen molar-refractivity contribution in [3.63, 3.8) is 0 Å². The molecule has 0 atom stereocenters. The molecule has 0 amide bonds. The van der Waals surface area contributed by atoms with Gasteiger partial charge in [0, 0.05) is 10.0 Å². The van der Waals surface area contributed by atoms with Gasteiger partial charge in [0.15, 0.2) is 0 Å². The molecular weight excluding hydrogens is 405 g/mol. The first kappa shape index (κ1) is 16.1. The Morgan fingerprint density at radius 2 is 1.48 bits per heavy atom. The quantitative estimate of drug-likeness (QED) is 0.346. The molecule has 0 N–H and O–H groups in total. The normalized spacial score (nSPS) is 11.3. The van der Waals surface area contributed by atoms with Gasteiger partial charge in [-0.25, -0.2) is 14.4 Å². The summed E-state index contributed by atoms with van der Waals surface area (Å²) in [6, 6.07) is 24.5. The molecule has 0 fully saturated rings. The molecule has 0 saturated carbocycles. The second-order valence-corrected chi connectivity index (χ2v) is 7.19. The first-order valence-corrected chi connectivity index (χ1v) is 9.28. The Balaban J connectivity index is 1.85. The summed E-state index contributed by atoms with van der Waals surface area (Å²) in [7, 11) is 0. The fourth-order valence-electron chi connectivity index (χ4n) is 3.26. The maximum Gasteiger partial charge on any atom is 0.235 e. The molecule has 5 aromatic rings. The van der Waals surface area contributed by atoms with E-state index in [1.807, 2.05) is 59.0 Å². The van der Waals surface area contributed by atoms with Gasteiger partial charge in [-0.05, 0) is 60.2 Å². The van der Waals surface area contributed by atoms with Crippen LogP contribution in [0.4, 0.5) is 4.39 Å². The summed E-state index contributed by atoms with van der Waals surface area (Å²) < 4.78 is 16.5. The highest BCUT2D eigenvalue weighted by molar-refractivity contribution is 9.10. The minimum absolute atomic E-state index is 0.257. The first-order valence-electron chi connectivity index (χ1n) is 8.49. The average molecular weight is 418 g/mol. The van der Waals surface area contributed by atoms with E-state index in [2.05, 4.69) is 15.9 Å². The molecule has 0 radical (unpaired) electrons.